The number of aliphatic hydroxyl groups excluding tert-OH is 1. The summed E-state index contributed by atoms with van der Waals surface area (Å²) in [5.74, 6) is 0. The number of rotatable bonds is 5. The summed E-state index contributed by atoms with van der Waals surface area (Å²) in [4.78, 5) is 0. The van der Waals surface area contributed by atoms with Gasteiger partial charge in [0.15, 0.2) is 0 Å². The summed E-state index contributed by atoms with van der Waals surface area (Å²) >= 11 is 3.48. The lowest BCUT2D eigenvalue weighted by Gasteiger charge is -2.14. The number of aliphatic hydroxyl groups is 1. The van der Waals surface area contributed by atoms with E-state index in [1.165, 1.54) is 5.56 Å². The Balaban J connectivity index is 1.89. The molecule has 2 rings (SSSR count). The molecular weight excluding hydrogens is 294 g/mol. The van der Waals surface area contributed by atoms with Crippen molar-refractivity contribution in [2.45, 2.75) is 19.6 Å². The number of halogens is 1. The lowest BCUT2D eigenvalue weighted by molar-refractivity contribution is 0.161. The van der Waals surface area contributed by atoms with Crippen LogP contribution in [0.15, 0.2) is 41.1 Å². The predicted octanol–water partition coefficient (Wildman–Crippen LogP) is 2.43. The number of anilines is 1. The van der Waals surface area contributed by atoms with Crippen molar-refractivity contribution in [1.82, 2.24) is 9.78 Å². The fraction of sp³-hybridized carbons (Fsp3) is 0.308. The fourth-order valence-electron chi connectivity index (χ4n) is 1.69. The summed E-state index contributed by atoms with van der Waals surface area (Å²) in [6.45, 7) is 3.02. The molecule has 0 aliphatic rings. The van der Waals surface area contributed by atoms with Gasteiger partial charge in [-0.05, 0) is 46.6 Å². The summed E-state index contributed by atoms with van der Waals surface area (Å²) in [5, 5.41) is 17.2. The third-order valence-electron chi connectivity index (χ3n) is 2.61. The number of benzene rings is 1. The van der Waals surface area contributed by atoms with E-state index in [9.17, 15) is 5.11 Å². The highest BCUT2D eigenvalue weighted by Gasteiger charge is 2.06. The Labute approximate surface area is 115 Å². The fourth-order valence-corrected chi connectivity index (χ4v) is 2.08. The number of hydrogen-bond donors (Lipinski definition) is 2. The van der Waals surface area contributed by atoms with E-state index in [4.69, 9.17) is 0 Å². The van der Waals surface area contributed by atoms with Gasteiger partial charge in [-0.25, -0.2) is 0 Å². The van der Waals surface area contributed by atoms with Gasteiger partial charge < -0.3 is 10.4 Å². The van der Waals surface area contributed by atoms with Crippen molar-refractivity contribution >= 4 is 21.6 Å². The van der Waals surface area contributed by atoms with Crippen molar-refractivity contribution in [3.8, 4) is 0 Å². The second kappa shape index (κ2) is 6.02. The minimum absolute atomic E-state index is 0.475. The third-order valence-corrected chi connectivity index (χ3v) is 3.30. The predicted molar refractivity (Wildman–Crippen MR) is 75.6 cm³/mol. The highest BCUT2D eigenvalue weighted by atomic mass is 79.9. The lowest BCUT2D eigenvalue weighted by Crippen LogP contribution is -2.25. The standard InChI is InChI=1S/C13H16BrN3O/c1-10-3-4-12(14)13(7-10)15-8-11(18)9-17-6-2-5-16-17/h2-7,11,15,18H,8-9H2,1H3. The molecule has 1 unspecified atom stereocenters. The van der Waals surface area contributed by atoms with E-state index in [1.807, 2.05) is 37.4 Å². The number of aromatic nitrogens is 2. The Bertz CT molecular complexity index is 499. The molecule has 0 bridgehead atoms. The van der Waals surface area contributed by atoms with Crippen LogP contribution in [0.4, 0.5) is 5.69 Å². The maximum Gasteiger partial charge on any atom is 0.0907 e. The molecule has 0 aliphatic heterocycles. The second-order valence-corrected chi connectivity index (χ2v) is 5.10. The van der Waals surface area contributed by atoms with Gasteiger partial charge in [0.25, 0.3) is 0 Å². The van der Waals surface area contributed by atoms with Crippen molar-refractivity contribution in [2.24, 2.45) is 0 Å². The van der Waals surface area contributed by atoms with Crippen LogP contribution in [0.25, 0.3) is 0 Å². The second-order valence-electron chi connectivity index (χ2n) is 4.25. The molecule has 0 spiro atoms. The summed E-state index contributed by atoms with van der Waals surface area (Å²) < 4.78 is 2.72. The first-order chi connectivity index (χ1) is 8.65. The molecule has 18 heavy (non-hydrogen) atoms. The summed E-state index contributed by atoms with van der Waals surface area (Å²) in [6, 6.07) is 7.93. The molecule has 2 N–H and O–H groups in total. The van der Waals surface area contributed by atoms with E-state index in [0.717, 1.165) is 10.2 Å². The molecule has 0 saturated carbocycles. The quantitative estimate of drug-likeness (QED) is 0.892. The first-order valence-electron chi connectivity index (χ1n) is 5.80. The van der Waals surface area contributed by atoms with Crippen molar-refractivity contribution in [2.75, 3.05) is 11.9 Å². The van der Waals surface area contributed by atoms with Gasteiger partial charge >= 0.3 is 0 Å². The SMILES string of the molecule is Cc1ccc(Br)c(NCC(O)Cn2cccn2)c1. The molecule has 0 saturated heterocycles. The molecule has 5 heteroatoms. The Kier molecular flexibility index (Phi) is 4.38. The highest BCUT2D eigenvalue weighted by molar-refractivity contribution is 9.10. The summed E-state index contributed by atoms with van der Waals surface area (Å²) in [6.07, 6.45) is 3.07. The number of nitrogens with one attached hydrogen (secondary N) is 1. The van der Waals surface area contributed by atoms with Gasteiger partial charge in [0, 0.05) is 29.1 Å². The van der Waals surface area contributed by atoms with Gasteiger partial charge in [-0.15, -0.1) is 0 Å². The lowest BCUT2D eigenvalue weighted by atomic mass is 10.2. The van der Waals surface area contributed by atoms with E-state index in [1.54, 1.807) is 10.9 Å². The van der Waals surface area contributed by atoms with E-state index in [-0.39, 0.29) is 0 Å². The van der Waals surface area contributed by atoms with Crippen molar-refractivity contribution in [3.63, 3.8) is 0 Å². The van der Waals surface area contributed by atoms with Gasteiger partial charge in [-0.2, -0.15) is 5.10 Å². The molecule has 1 aromatic heterocycles. The topological polar surface area (TPSA) is 50.1 Å². The zero-order valence-electron chi connectivity index (χ0n) is 10.2. The normalized spacial score (nSPS) is 12.4. The monoisotopic (exact) mass is 309 g/mol. The van der Waals surface area contributed by atoms with Crippen LogP contribution in [0.2, 0.25) is 0 Å². The van der Waals surface area contributed by atoms with Crippen LogP contribution in [0.3, 0.4) is 0 Å². The first kappa shape index (κ1) is 13.1. The molecule has 0 aliphatic carbocycles. The largest absolute Gasteiger partial charge is 0.389 e. The van der Waals surface area contributed by atoms with Gasteiger partial charge in [-0.3, -0.25) is 4.68 Å². The van der Waals surface area contributed by atoms with Crippen molar-refractivity contribution < 1.29 is 5.11 Å². The molecule has 0 radical (unpaired) electrons. The Morgan fingerprint density at radius 2 is 2.33 bits per heavy atom. The van der Waals surface area contributed by atoms with Crippen LogP contribution < -0.4 is 5.32 Å². The molecule has 4 nitrogen and oxygen atoms in total. The number of hydrogen-bond acceptors (Lipinski definition) is 3. The van der Waals surface area contributed by atoms with Crippen LogP contribution in [-0.2, 0) is 6.54 Å². The Hall–Kier alpha value is -1.33. The van der Waals surface area contributed by atoms with E-state index in [0.29, 0.717) is 13.1 Å². The number of nitrogens with zero attached hydrogens (tertiary/aromatic N) is 2. The smallest absolute Gasteiger partial charge is 0.0907 e. The highest BCUT2D eigenvalue weighted by Crippen LogP contribution is 2.23. The van der Waals surface area contributed by atoms with Gasteiger partial charge in [0.05, 0.1) is 12.6 Å². The maximum atomic E-state index is 9.90. The van der Waals surface area contributed by atoms with E-state index >= 15 is 0 Å². The summed E-state index contributed by atoms with van der Waals surface area (Å²) in [7, 11) is 0. The van der Waals surface area contributed by atoms with Crippen molar-refractivity contribution in [1.29, 1.82) is 0 Å². The molecule has 1 atom stereocenters. The first-order valence-corrected chi connectivity index (χ1v) is 6.60. The zero-order chi connectivity index (χ0) is 13.0. The molecule has 1 aromatic carbocycles. The molecular formula is C13H16BrN3O. The van der Waals surface area contributed by atoms with Gasteiger partial charge in [0.2, 0.25) is 0 Å². The van der Waals surface area contributed by atoms with E-state index < -0.39 is 6.10 Å². The minimum atomic E-state index is -0.475. The molecule has 0 amide bonds. The Morgan fingerprint density at radius 3 is 3.06 bits per heavy atom. The molecule has 96 valence electrons. The third kappa shape index (κ3) is 3.58. The maximum absolute atomic E-state index is 9.90. The average Bonchev–Trinajstić information content (AvgIpc) is 2.83. The minimum Gasteiger partial charge on any atom is -0.389 e. The van der Waals surface area contributed by atoms with Crippen molar-refractivity contribution in [3.05, 3.63) is 46.7 Å². The van der Waals surface area contributed by atoms with Gasteiger partial charge in [0.1, 0.15) is 0 Å². The van der Waals surface area contributed by atoms with Crippen LogP contribution in [0, 0.1) is 6.92 Å². The molecule has 2 aromatic rings. The van der Waals surface area contributed by atoms with Crippen LogP contribution in [-0.4, -0.2) is 27.5 Å². The Morgan fingerprint density at radius 1 is 1.50 bits per heavy atom. The molecule has 0 fully saturated rings. The zero-order valence-corrected chi connectivity index (χ0v) is 11.8. The summed E-state index contributed by atoms with van der Waals surface area (Å²) in [5.41, 5.74) is 2.18. The molecule has 1 heterocycles. The van der Waals surface area contributed by atoms with E-state index in [2.05, 4.69) is 26.3 Å². The number of aryl methyl sites for hydroxylation is 1. The van der Waals surface area contributed by atoms with Crippen LogP contribution in [0.1, 0.15) is 5.56 Å². The van der Waals surface area contributed by atoms with Gasteiger partial charge in [-0.1, -0.05) is 6.07 Å². The average molecular weight is 310 g/mol. The van der Waals surface area contributed by atoms with Crippen LogP contribution in [0.5, 0.6) is 0 Å². The van der Waals surface area contributed by atoms with Crippen LogP contribution >= 0.6 is 15.9 Å².